The fraction of sp³-hybridized carbons (Fsp3) is 0.556. The molecule has 0 saturated carbocycles. The zero-order chi connectivity index (χ0) is 10.7. The Morgan fingerprint density at radius 3 is 2.57 bits per heavy atom. The van der Waals surface area contributed by atoms with Crippen LogP contribution in [0.15, 0.2) is 0 Å². The second-order valence-electron chi connectivity index (χ2n) is 3.04. The van der Waals surface area contributed by atoms with Gasteiger partial charge >= 0.3 is 0 Å². The van der Waals surface area contributed by atoms with E-state index in [0.717, 1.165) is 27.8 Å². The van der Waals surface area contributed by atoms with Crippen molar-refractivity contribution in [3.05, 3.63) is 15.0 Å². The first-order chi connectivity index (χ1) is 6.60. The average molecular weight is 307 g/mol. The van der Waals surface area contributed by atoms with Crippen molar-refractivity contribution in [3.63, 3.8) is 0 Å². The lowest BCUT2D eigenvalue weighted by atomic mass is 10.2. The minimum atomic E-state index is -0.346. The van der Waals surface area contributed by atoms with Gasteiger partial charge in [0.2, 0.25) is 5.91 Å². The monoisotopic (exact) mass is 307 g/mol. The minimum absolute atomic E-state index is 0.180. The maximum atomic E-state index is 10.8. The molecule has 0 saturated heterocycles. The highest BCUT2D eigenvalue weighted by atomic mass is 127. The summed E-state index contributed by atoms with van der Waals surface area (Å²) in [5, 5.41) is 4.35. The van der Waals surface area contributed by atoms with E-state index in [4.69, 9.17) is 5.73 Å². The van der Waals surface area contributed by atoms with Gasteiger partial charge in [-0.05, 0) is 35.4 Å². The predicted molar refractivity (Wildman–Crippen MR) is 62.9 cm³/mol. The molecular weight excluding hydrogens is 293 g/mol. The molecule has 0 atom stereocenters. The second-order valence-corrected chi connectivity index (χ2v) is 4.12. The number of aryl methyl sites for hydroxylation is 1. The Balaban J connectivity index is 3.08. The molecule has 1 amide bonds. The molecule has 0 bridgehead atoms. The first-order valence-corrected chi connectivity index (χ1v) is 5.70. The van der Waals surface area contributed by atoms with Gasteiger partial charge in [0, 0.05) is 0 Å². The summed E-state index contributed by atoms with van der Waals surface area (Å²) in [5.74, 6) is -0.346. The van der Waals surface area contributed by atoms with Crippen LogP contribution in [-0.2, 0) is 24.2 Å². The van der Waals surface area contributed by atoms with E-state index >= 15 is 0 Å². The molecule has 1 rings (SSSR count). The molecule has 5 heteroatoms. The summed E-state index contributed by atoms with van der Waals surface area (Å²) in [6.07, 6.45) is 1.76. The zero-order valence-electron chi connectivity index (χ0n) is 8.38. The van der Waals surface area contributed by atoms with Gasteiger partial charge in [0.15, 0.2) is 0 Å². The van der Waals surface area contributed by atoms with Crippen LogP contribution in [0.2, 0.25) is 0 Å². The molecule has 0 spiro atoms. The van der Waals surface area contributed by atoms with E-state index in [2.05, 4.69) is 41.5 Å². The first kappa shape index (κ1) is 11.5. The summed E-state index contributed by atoms with van der Waals surface area (Å²) in [5.41, 5.74) is 7.29. The highest BCUT2D eigenvalue weighted by Gasteiger charge is 2.13. The number of carbonyl (C=O) groups is 1. The van der Waals surface area contributed by atoms with E-state index in [0.29, 0.717) is 0 Å². The molecule has 14 heavy (non-hydrogen) atoms. The summed E-state index contributed by atoms with van der Waals surface area (Å²) in [6, 6.07) is 0. The standard InChI is InChI=1S/C9H14IN3O/c1-3-6-9(10)7(4-2)13(12-6)5-8(11)14/h3-5H2,1-2H3,(H2,11,14). The summed E-state index contributed by atoms with van der Waals surface area (Å²) in [6.45, 7) is 4.29. The Bertz CT molecular complexity index is 346. The Labute approximate surface area is 97.0 Å². The molecule has 0 aliphatic rings. The van der Waals surface area contributed by atoms with Crippen LogP contribution in [0.5, 0.6) is 0 Å². The van der Waals surface area contributed by atoms with Crippen LogP contribution in [0, 0.1) is 3.57 Å². The lowest BCUT2D eigenvalue weighted by Gasteiger charge is -2.02. The number of halogens is 1. The number of nitrogens with two attached hydrogens (primary N) is 1. The van der Waals surface area contributed by atoms with E-state index in [1.54, 1.807) is 4.68 Å². The summed E-state index contributed by atoms with van der Waals surface area (Å²) in [7, 11) is 0. The van der Waals surface area contributed by atoms with E-state index in [1.807, 2.05) is 0 Å². The number of primary amides is 1. The van der Waals surface area contributed by atoms with Gasteiger partial charge in [-0.25, -0.2) is 0 Å². The third kappa shape index (κ3) is 2.26. The van der Waals surface area contributed by atoms with Crippen molar-refractivity contribution in [1.29, 1.82) is 0 Å². The van der Waals surface area contributed by atoms with E-state index in [-0.39, 0.29) is 12.5 Å². The molecule has 0 aliphatic carbocycles. The lowest BCUT2D eigenvalue weighted by Crippen LogP contribution is -2.21. The zero-order valence-corrected chi connectivity index (χ0v) is 10.5. The molecule has 0 fully saturated rings. The van der Waals surface area contributed by atoms with Crippen molar-refractivity contribution in [2.45, 2.75) is 33.2 Å². The predicted octanol–water partition coefficient (Wildman–Crippen LogP) is 1.10. The number of rotatable bonds is 4. The fourth-order valence-electron chi connectivity index (χ4n) is 1.37. The van der Waals surface area contributed by atoms with Gasteiger partial charge in [-0.3, -0.25) is 9.48 Å². The molecule has 1 aromatic heterocycles. The van der Waals surface area contributed by atoms with Gasteiger partial charge < -0.3 is 5.73 Å². The largest absolute Gasteiger partial charge is 0.368 e. The molecule has 4 nitrogen and oxygen atoms in total. The van der Waals surface area contributed by atoms with E-state index in [9.17, 15) is 4.79 Å². The SMILES string of the molecule is CCc1nn(CC(N)=O)c(CC)c1I. The van der Waals surface area contributed by atoms with Crippen LogP contribution in [0.1, 0.15) is 25.2 Å². The molecule has 1 aromatic rings. The van der Waals surface area contributed by atoms with Gasteiger partial charge in [-0.1, -0.05) is 13.8 Å². The highest BCUT2D eigenvalue weighted by molar-refractivity contribution is 14.1. The normalized spacial score (nSPS) is 10.5. The molecule has 78 valence electrons. The van der Waals surface area contributed by atoms with E-state index in [1.165, 1.54) is 0 Å². The van der Waals surface area contributed by atoms with Crippen LogP contribution in [-0.4, -0.2) is 15.7 Å². The Kier molecular flexibility index (Phi) is 3.91. The Hall–Kier alpha value is -0.590. The van der Waals surface area contributed by atoms with Gasteiger partial charge in [0.05, 0.1) is 15.0 Å². The maximum absolute atomic E-state index is 10.8. The van der Waals surface area contributed by atoms with Crippen molar-refractivity contribution in [3.8, 4) is 0 Å². The Morgan fingerprint density at radius 2 is 2.14 bits per heavy atom. The number of hydrogen-bond donors (Lipinski definition) is 1. The third-order valence-corrected chi connectivity index (χ3v) is 3.28. The van der Waals surface area contributed by atoms with Crippen molar-refractivity contribution in [2.75, 3.05) is 0 Å². The number of aromatic nitrogens is 2. The molecule has 0 aromatic carbocycles. The van der Waals surface area contributed by atoms with E-state index < -0.39 is 0 Å². The van der Waals surface area contributed by atoms with Crippen LogP contribution < -0.4 is 5.73 Å². The van der Waals surface area contributed by atoms with Crippen LogP contribution >= 0.6 is 22.6 Å². The van der Waals surface area contributed by atoms with Gasteiger partial charge in [0.1, 0.15) is 6.54 Å². The minimum Gasteiger partial charge on any atom is -0.368 e. The summed E-state index contributed by atoms with van der Waals surface area (Å²) < 4.78 is 2.87. The number of nitrogens with zero attached hydrogens (tertiary/aromatic N) is 2. The Morgan fingerprint density at radius 1 is 1.50 bits per heavy atom. The lowest BCUT2D eigenvalue weighted by molar-refractivity contribution is -0.118. The molecule has 0 aliphatic heterocycles. The van der Waals surface area contributed by atoms with Crippen LogP contribution in [0.4, 0.5) is 0 Å². The summed E-state index contributed by atoms with van der Waals surface area (Å²) >= 11 is 2.27. The fourth-order valence-corrected chi connectivity index (χ4v) is 2.52. The molecule has 0 radical (unpaired) electrons. The van der Waals surface area contributed by atoms with Gasteiger partial charge in [-0.15, -0.1) is 0 Å². The van der Waals surface area contributed by atoms with Crippen molar-refractivity contribution < 1.29 is 4.79 Å². The van der Waals surface area contributed by atoms with Crippen molar-refractivity contribution in [1.82, 2.24) is 9.78 Å². The van der Waals surface area contributed by atoms with Crippen LogP contribution in [0.25, 0.3) is 0 Å². The number of carbonyl (C=O) groups excluding carboxylic acids is 1. The molecule has 1 heterocycles. The third-order valence-electron chi connectivity index (χ3n) is 2.04. The number of hydrogen-bond acceptors (Lipinski definition) is 2. The van der Waals surface area contributed by atoms with Crippen molar-refractivity contribution >= 4 is 28.5 Å². The quantitative estimate of drug-likeness (QED) is 0.847. The number of amides is 1. The molecule has 2 N–H and O–H groups in total. The maximum Gasteiger partial charge on any atom is 0.239 e. The highest BCUT2D eigenvalue weighted by Crippen LogP contribution is 2.18. The smallest absolute Gasteiger partial charge is 0.239 e. The van der Waals surface area contributed by atoms with Gasteiger partial charge in [0.25, 0.3) is 0 Å². The first-order valence-electron chi connectivity index (χ1n) is 4.62. The molecular formula is C9H14IN3O. The molecule has 0 unspecified atom stereocenters. The van der Waals surface area contributed by atoms with Crippen LogP contribution in [0.3, 0.4) is 0 Å². The van der Waals surface area contributed by atoms with Crippen molar-refractivity contribution in [2.24, 2.45) is 5.73 Å². The average Bonchev–Trinajstić information content (AvgIpc) is 2.41. The second kappa shape index (κ2) is 4.77. The van der Waals surface area contributed by atoms with Gasteiger partial charge in [-0.2, -0.15) is 5.10 Å². The summed E-state index contributed by atoms with van der Waals surface area (Å²) in [4.78, 5) is 10.8. The topological polar surface area (TPSA) is 60.9 Å².